The maximum absolute atomic E-state index is 13.0. The third kappa shape index (κ3) is 7.73. The molecule has 0 amide bonds. The van der Waals surface area contributed by atoms with Crippen LogP contribution in [0.2, 0.25) is 0 Å². The van der Waals surface area contributed by atoms with Crippen LogP contribution in [0.3, 0.4) is 0 Å². The summed E-state index contributed by atoms with van der Waals surface area (Å²) in [6.07, 6.45) is 4.85. The van der Waals surface area contributed by atoms with Gasteiger partial charge in [-0.1, -0.05) is 76.8 Å². The van der Waals surface area contributed by atoms with E-state index in [0.29, 0.717) is 11.7 Å². The molecule has 0 saturated heterocycles. The Balaban J connectivity index is 1.27. The number of carbonyl (C=O) groups excluding carboxylic acids is 2. The van der Waals surface area contributed by atoms with E-state index in [-0.39, 0.29) is 42.3 Å². The van der Waals surface area contributed by atoms with Gasteiger partial charge in [-0.2, -0.15) is 0 Å². The summed E-state index contributed by atoms with van der Waals surface area (Å²) in [6, 6.07) is 16.2. The number of rotatable bonds is 12. The fraction of sp³-hybridized carbons (Fsp3) is 0.324. The van der Waals surface area contributed by atoms with Gasteiger partial charge in [-0.3, -0.25) is 0 Å². The maximum Gasteiger partial charge on any atom is 0.339 e. The van der Waals surface area contributed by atoms with Crippen molar-refractivity contribution in [2.24, 2.45) is 17.3 Å². The molecule has 0 bridgehead atoms. The molecule has 4 rings (SSSR count). The van der Waals surface area contributed by atoms with Crippen molar-refractivity contribution < 1.29 is 23.8 Å². The van der Waals surface area contributed by atoms with E-state index in [0.717, 1.165) is 44.7 Å². The molecular formula is C34H36O5S3. The van der Waals surface area contributed by atoms with E-state index in [4.69, 9.17) is 26.4 Å². The predicted molar refractivity (Wildman–Crippen MR) is 174 cm³/mol. The molecule has 0 spiro atoms. The number of hydrogen-bond acceptors (Lipinski definition) is 8. The average molecular weight is 621 g/mol. The quantitative estimate of drug-likeness (QED) is 0.0661. The van der Waals surface area contributed by atoms with Crippen LogP contribution in [0.25, 0.3) is 10.4 Å². The highest BCUT2D eigenvalue weighted by Crippen LogP contribution is 2.48. The zero-order valence-electron chi connectivity index (χ0n) is 24.1. The normalized spacial score (nSPS) is 19.9. The van der Waals surface area contributed by atoms with Gasteiger partial charge in [0.15, 0.2) is 0 Å². The lowest BCUT2D eigenvalue weighted by Gasteiger charge is -2.43. The summed E-state index contributed by atoms with van der Waals surface area (Å²) >= 11 is 5.20. The Morgan fingerprint density at radius 2 is 1.69 bits per heavy atom. The van der Waals surface area contributed by atoms with Crippen LogP contribution in [0.4, 0.5) is 0 Å². The minimum absolute atomic E-state index is 0.00880. The minimum atomic E-state index is -0.612. The van der Waals surface area contributed by atoms with Crippen molar-refractivity contribution in [3.8, 4) is 16.2 Å². The van der Waals surface area contributed by atoms with Crippen molar-refractivity contribution in [3.63, 3.8) is 0 Å². The van der Waals surface area contributed by atoms with Gasteiger partial charge < -0.3 is 14.2 Å². The number of esters is 2. The molecule has 2 aromatic carbocycles. The summed E-state index contributed by atoms with van der Waals surface area (Å²) in [6.45, 7) is 17.0. The Hall–Kier alpha value is -3.33. The lowest BCUT2D eigenvalue weighted by molar-refractivity contribution is 0.0428. The lowest BCUT2D eigenvalue weighted by Crippen LogP contribution is -2.34. The standard InChI is InChI=1S/C34H36O5S3/c1-6-34(5)16-15-25(19-29(34)22(2)3)23(4)21-39-33(36)28-10-8-7-9-27(28)32(35)38-18-17-37-26-13-11-24(12-14-26)30-20-31(40)42-41-30/h6-14,20,25,29H,1-2,4,15-19,21H2,3,5H3/t25-,29+,34-/m1/s1. The Morgan fingerprint density at radius 1 is 1.02 bits per heavy atom. The summed E-state index contributed by atoms with van der Waals surface area (Å²) in [5.74, 6) is -0.0104. The first-order valence-corrected chi connectivity index (χ1v) is 16.4. The van der Waals surface area contributed by atoms with Gasteiger partial charge in [-0.25, -0.2) is 9.59 Å². The zero-order valence-corrected chi connectivity index (χ0v) is 26.5. The van der Waals surface area contributed by atoms with E-state index in [1.165, 1.54) is 0 Å². The molecule has 5 nitrogen and oxygen atoms in total. The molecule has 1 saturated carbocycles. The molecule has 8 heteroatoms. The van der Waals surface area contributed by atoms with Crippen molar-refractivity contribution >= 4 is 44.8 Å². The van der Waals surface area contributed by atoms with Gasteiger partial charge in [0.1, 0.15) is 29.4 Å². The number of ether oxygens (including phenoxy) is 3. The average Bonchev–Trinajstić information content (AvgIpc) is 3.44. The van der Waals surface area contributed by atoms with E-state index in [1.54, 1.807) is 44.9 Å². The largest absolute Gasteiger partial charge is 0.490 e. The lowest BCUT2D eigenvalue weighted by atomic mass is 9.61. The van der Waals surface area contributed by atoms with Gasteiger partial charge in [0.2, 0.25) is 0 Å². The molecule has 220 valence electrons. The highest BCUT2D eigenvalue weighted by molar-refractivity contribution is 7.80. The molecule has 3 aromatic rings. The predicted octanol–water partition coefficient (Wildman–Crippen LogP) is 9.34. The SMILES string of the molecule is C=C[C@]1(C)CC[C@@H](C(=C)COC(=O)c2ccccc2C(=O)OCCOc2ccc(-c3cc(=S)ss3)cc2)C[C@H]1C(=C)C. The van der Waals surface area contributed by atoms with Crippen LogP contribution in [-0.4, -0.2) is 31.8 Å². The maximum atomic E-state index is 13.0. The summed E-state index contributed by atoms with van der Waals surface area (Å²) < 4.78 is 17.6. The molecule has 42 heavy (non-hydrogen) atoms. The first-order valence-electron chi connectivity index (χ1n) is 13.8. The van der Waals surface area contributed by atoms with Crippen molar-refractivity contribution in [2.45, 2.75) is 33.1 Å². The van der Waals surface area contributed by atoms with Gasteiger partial charge in [-0.05, 0) is 97.0 Å². The Bertz CT molecular complexity index is 1520. The van der Waals surface area contributed by atoms with Crippen LogP contribution in [0.15, 0.2) is 91.6 Å². The molecular weight excluding hydrogens is 585 g/mol. The van der Waals surface area contributed by atoms with Gasteiger partial charge in [0, 0.05) is 4.88 Å². The number of benzene rings is 2. The third-order valence-corrected chi connectivity index (χ3v) is 10.8. The second kappa shape index (κ2) is 14.2. The minimum Gasteiger partial charge on any atom is -0.490 e. The second-order valence-electron chi connectivity index (χ2n) is 10.9. The third-order valence-electron chi connectivity index (χ3n) is 7.93. The Labute approximate surface area is 260 Å². The van der Waals surface area contributed by atoms with Crippen LogP contribution < -0.4 is 4.74 Å². The molecule has 0 radical (unpaired) electrons. The van der Waals surface area contributed by atoms with Gasteiger partial charge >= 0.3 is 11.9 Å². The van der Waals surface area contributed by atoms with Crippen LogP contribution in [0, 0.1) is 21.1 Å². The highest BCUT2D eigenvalue weighted by Gasteiger charge is 2.39. The van der Waals surface area contributed by atoms with Crippen LogP contribution in [-0.2, 0) is 9.47 Å². The van der Waals surface area contributed by atoms with Crippen LogP contribution >= 0.6 is 32.9 Å². The van der Waals surface area contributed by atoms with Crippen molar-refractivity contribution in [1.29, 1.82) is 0 Å². The number of hydrogen-bond donors (Lipinski definition) is 0. The van der Waals surface area contributed by atoms with Gasteiger partial charge in [-0.15, -0.1) is 6.58 Å². The summed E-state index contributed by atoms with van der Waals surface area (Å²) in [5.41, 5.74) is 3.39. The zero-order chi connectivity index (χ0) is 30.3. The van der Waals surface area contributed by atoms with E-state index < -0.39 is 11.9 Å². The van der Waals surface area contributed by atoms with E-state index in [2.05, 4.69) is 33.6 Å². The Kier molecular flexibility index (Phi) is 10.7. The van der Waals surface area contributed by atoms with E-state index >= 15 is 0 Å². The molecule has 0 aliphatic heterocycles. The summed E-state index contributed by atoms with van der Waals surface area (Å²) in [7, 11) is 3.22. The molecule has 0 N–H and O–H groups in total. The number of carbonyl (C=O) groups is 2. The number of allylic oxidation sites excluding steroid dienone is 2. The first-order chi connectivity index (χ1) is 20.1. The van der Waals surface area contributed by atoms with Crippen LogP contribution in [0.5, 0.6) is 5.75 Å². The topological polar surface area (TPSA) is 61.8 Å². The fourth-order valence-electron chi connectivity index (χ4n) is 5.36. The molecule has 1 fully saturated rings. The molecule has 1 aliphatic rings. The highest BCUT2D eigenvalue weighted by atomic mass is 32.9. The van der Waals surface area contributed by atoms with Crippen LogP contribution in [0.1, 0.15) is 53.8 Å². The Morgan fingerprint density at radius 3 is 2.29 bits per heavy atom. The molecule has 0 unspecified atom stereocenters. The summed E-state index contributed by atoms with van der Waals surface area (Å²) in [4.78, 5) is 27.0. The van der Waals surface area contributed by atoms with Gasteiger partial charge in [0.25, 0.3) is 0 Å². The van der Waals surface area contributed by atoms with Gasteiger partial charge in [0.05, 0.1) is 11.1 Å². The van der Waals surface area contributed by atoms with Crippen molar-refractivity contribution in [1.82, 2.24) is 0 Å². The summed E-state index contributed by atoms with van der Waals surface area (Å²) in [5, 5.41) is 0. The van der Waals surface area contributed by atoms with Crippen molar-refractivity contribution in [2.75, 3.05) is 19.8 Å². The molecule has 3 atom stereocenters. The molecule has 1 heterocycles. The molecule has 1 aromatic heterocycles. The van der Waals surface area contributed by atoms with E-state index in [1.807, 2.05) is 36.4 Å². The fourth-order valence-corrected chi connectivity index (χ4v) is 7.77. The second-order valence-corrected chi connectivity index (χ2v) is 13.8. The monoisotopic (exact) mass is 620 g/mol. The van der Waals surface area contributed by atoms with Crippen molar-refractivity contribution in [3.05, 3.63) is 107 Å². The van der Waals surface area contributed by atoms with E-state index in [9.17, 15) is 9.59 Å². The molecule has 1 aliphatic carbocycles. The first kappa shape index (κ1) is 31.6. The smallest absolute Gasteiger partial charge is 0.339 e.